The van der Waals surface area contributed by atoms with Crippen LogP contribution in [0.2, 0.25) is 0 Å². The maximum Gasteiger partial charge on any atom is 0.276 e. The highest BCUT2D eigenvalue weighted by atomic mass is 79.9. The normalized spacial score (nSPS) is 11.4. The second-order valence-corrected chi connectivity index (χ2v) is 7.12. The number of Topliss-reactive ketones (excluding diaryl/α,β-unsaturated/α-hetero) is 1. The van der Waals surface area contributed by atoms with Gasteiger partial charge in [-0.1, -0.05) is 46.3 Å². The SMILES string of the molecule is O=C(/C(=N\Nc1ccccc1)c1nc2ccccc2[nH]c1=O)c1ccc(Br)cc1. The molecular weight excluding hydrogens is 432 g/mol. The molecule has 0 fully saturated rings. The van der Waals surface area contributed by atoms with Crippen molar-refractivity contribution in [3.8, 4) is 0 Å². The average molecular weight is 447 g/mol. The number of fused-ring (bicyclic) bond motifs is 1. The van der Waals surface area contributed by atoms with E-state index >= 15 is 0 Å². The molecule has 6 nitrogen and oxygen atoms in total. The second-order valence-electron chi connectivity index (χ2n) is 6.21. The number of anilines is 1. The fourth-order valence-corrected chi connectivity index (χ4v) is 3.04. The molecule has 2 N–H and O–H groups in total. The number of carbonyl (C=O) groups is 1. The average Bonchev–Trinajstić information content (AvgIpc) is 2.75. The third kappa shape index (κ3) is 4.14. The van der Waals surface area contributed by atoms with Gasteiger partial charge in [-0.25, -0.2) is 4.98 Å². The lowest BCUT2D eigenvalue weighted by molar-refractivity contribution is 0.106. The number of para-hydroxylation sites is 3. The summed E-state index contributed by atoms with van der Waals surface area (Å²) >= 11 is 3.36. The predicted molar refractivity (Wildman–Crippen MR) is 117 cm³/mol. The summed E-state index contributed by atoms with van der Waals surface area (Å²) in [6.45, 7) is 0. The number of benzene rings is 3. The third-order valence-corrected chi connectivity index (χ3v) is 4.74. The van der Waals surface area contributed by atoms with Crippen molar-refractivity contribution in [3.05, 3.63) is 105 Å². The maximum atomic E-state index is 13.2. The Kier molecular flexibility index (Phi) is 5.31. The van der Waals surface area contributed by atoms with Gasteiger partial charge in [0.15, 0.2) is 11.4 Å². The summed E-state index contributed by atoms with van der Waals surface area (Å²) in [5, 5.41) is 4.25. The zero-order valence-corrected chi connectivity index (χ0v) is 16.7. The van der Waals surface area contributed by atoms with Crippen LogP contribution in [-0.4, -0.2) is 21.5 Å². The van der Waals surface area contributed by atoms with E-state index in [1.807, 2.05) is 36.4 Å². The van der Waals surface area contributed by atoms with Gasteiger partial charge in [-0.2, -0.15) is 5.10 Å². The molecule has 1 aromatic heterocycles. The molecule has 0 amide bonds. The molecule has 0 saturated carbocycles. The first kappa shape index (κ1) is 18.8. The van der Waals surface area contributed by atoms with Crippen molar-refractivity contribution >= 4 is 44.1 Å². The first-order valence-electron chi connectivity index (χ1n) is 8.80. The van der Waals surface area contributed by atoms with Crippen LogP contribution in [0.5, 0.6) is 0 Å². The number of hydrogen-bond acceptors (Lipinski definition) is 5. The van der Waals surface area contributed by atoms with Crippen molar-refractivity contribution in [1.82, 2.24) is 9.97 Å². The number of hydrazone groups is 1. The zero-order chi connectivity index (χ0) is 20.2. The Morgan fingerprint density at radius 1 is 0.931 bits per heavy atom. The molecule has 7 heteroatoms. The maximum absolute atomic E-state index is 13.2. The molecule has 29 heavy (non-hydrogen) atoms. The Morgan fingerprint density at radius 2 is 1.62 bits per heavy atom. The molecule has 0 saturated heterocycles. The number of aromatic nitrogens is 2. The minimum Gasteiger partial charge on any atom is -0.319 e. The molecule has 0 aliphatic carbocycles. The van der Waals surface area contributed by atoms with Gasteiger partial charge in [0.05, 0.1) is 16.7 Å². The van der Waals surface area contributed by atoms with Crippen molar-refractivity contribution in [2.24, 2.45) is 5.10 Å². The van der Waals surface area contributed by atoms with E-state index < -0.39 is 11.3 Å². The van der Waals surface area contributed by atoms with E-state index in [4.69, 9.17) is 0 Å². The Balaban J connectivity index is 1.83. The van der Waals surface area contributed by atoms with Crippen molar-refractivity contribution < 1.29 is 4.79 Å². The number of H-pyrrole nitrogens is 1. The van der Waals surface area contributed by atoms with Gasteiger partial charge in [0, 0.05) is 10.0 Å². The van der Waals surface area contributed by atoms with Crippen LogP contribution in [0.15, 0.2) is 93.2 Å². The standard InChI is InChI=1S/C22H15BrN4O2/c23-15-12-10-14(11-13-15)21(28)19(27-26-16-6-2-1-3-7-16)20-22(29)25-18-9-5-4-8-17(18)24-20/h1-13,26H,(H,25,29)/b27-19-. The highest BCUT2D eigenvalue weighted by Crippen LogP contribution is 2.14. The lowest BCUT2D eigenvalue weighted by Gasteiger charge is -2.08. The van der Waals surface area contributed by atoms with Gasteiger partial charge in [-0.15, -0.1) is 0 Å². The van der Waals surface area contributed by atoms with Crippen LogP contribution in [0.3, 0.4) is 0 Å². The minimum absolute atomic E-state index is 0.0416. The van der Waals surface area contributed by atoms with Gasteiger partial charge in [-0.3, -0.25) is 15.0 Å². The van der Waals surface area contributed by atoms with Crippen LogP contribution in [0.4, 0.5) is 5.69 Å². The molecule has 3 aromatic carbocycles. The van der Waals surface area contributed by atoms with Gasteiger partial charge in [0.2, 0.25) is 5.78 Å². The van der Waals surface area contributed by atoms with E-state index in [2.05, 4.69) is 36.4 Å². The molecule has 0 aliphatic heterocycles. The smallest absolute Gasteiger partial charge is 0.276 e. The Bertz CT molecular complexity index is 1270. The number of nitrogens with zero attached hydrogens (tertiary/aromatic N) is 2. The van der Waals surface area contributed by atoms with E-state index in [0.29, 0.717) is 22.3 Å². The summed E-state index contributed by atoms with van der Waals surface area (Å²) in [7, 11) is 0. The lowest BCUT2D eigenvalue weighted by atomic mass is 10.0. The van der Waals surface area contributed by atoms with E-state index in [0.717, 1.165) is 4.47 Å². The van der Waals surface area contributed by atoms with Gasteiger partial charge in [0.25, 0.3) is 5.56 Å². The second kappa shape index (κ2) is 8.20. The van der Waals surface area contributed by atoms with Gasteiger partial charge in [0.1, 0.15) is 0 Å². The summed E-state index contributed by atoms with van der Waals surface area (Å²) in [5.74, 6) is -0.408. The van der Waals surface area contributed by atoms with E-state index in [-0.39, 0.29) is 11.4 Å². The number of halogens is 1. The Hall–Kier alpha value is -3.58. The first-order chi connectivity index (χ1) is 14.1. The molecule has 0 atom stereocenters. The number of hydrogen-bond donors (Lipinski definition) is 2. The molecule has 142 valence electrons. The van der Waals surface area contributed by atoms with Crippen molar-refractivity contribution in [1.29, 1.82) is 0 Å². The van der Waals surface area contributed by atoms with Gasteiger partial charge >= 0.3 is 0 Å². The van der Waals surface area contributed by atoms with Crippen LogP contribution in [0.1, 0.15) is 16.1 Å². The van der Waals surface area contributed by atoms with Crippen LogP contribution >= 0.6 is 15.9 Å². The van der Waals surface area contributed by atoms with Crippen LogP contribution < -0.4 is 11.0 Å². The predicted octanol–water partition coefficient (Wildman–Crippen LogP) is 4.38. The van der Waals surface area contributed by atoms with Crippen molar-refractivity contribution in [3.63, 3.8) is 0 Å². The summed E-state index contributed by atoms with van der Waals surface area (Å²) < 4.78 is 0.844. The van der Waals surface area contributed by atoms with Crippen molar-refractivity contribution in [2.75, 3.05) is 5.43 Å². The number of nitrogens with one attached hydrogen (secondary N) is 2. The summed E-state index contributed by atoms with van der Waals surface area (Å²) in [4.78, 5) is 33.0. The van der Waals surface area contributed by atoms with E-state index in [1.165, 1.54) is 0 Å². The fraction of sp³-hybridized carbons (Fsp3) is 0. The molecular formula is C22H15BrN4O2. The molecule has 1 heterocycles. The number of rotatable bonds is 5. The minimum atomic E-state index is -0.484. The van der Waals surface area contributed by atoms with Crippen molar-refractivity contribution in [2.45, 2.75) is 0 Å². The first-order valence-corrected chi connectivity index (χ1v) is 9.59. The van der Waals surface area contributed by atoms with Crippen LogP contribution in [0, 0.1) is 0 Å². The largest absolute Gasteiger partial charge is 0.319 e. The molecule has 4 aromatic rings. The lowest BCUT2D eigenvalue weighted by Crippen LogP contribution is -2.27. The third-order valence-electron chi connectivity index (χ3n) is 4.22. The fourth-order valence-electron chi connectivity index (χ4n) is 2.77. The molecule has 0 radical (unpaired) electrons. The van der Waals surface area contributed by atoms with E-state index in [9.17, 15) is 9.59 Å². The Morgan fingerprint density at radius 3 is 2.38 bits per heavy atom. The van der Waals surface area contributed by atoms with Crippen LogP contribution in [0.25, 0.3) is 11.0 Å². The topological polar surface area (TPSA) is 87.2 Å². The molecule has 0 bridgehead atoms. The highest BCUT2D eigenvalue weighted by molar-refractivity contribution is 9.10. The molecule has 0 spiro atoms. The summed E-state index contributed by atoms with van der Waals surface area (Å²) in [6, 6.07) is 23.2. The number of ketones is 1. The summed E-state index contributed by atoms with van der Waals surface area (Å²) in [6.07, 6.45) is 0. The van der Waals surface area contributed by atoms with Crippen LogP contribution in [-0.2, 0) is 0 Å². The number of aromatic amines is 1. The van der Waals surface area contributed by atoms with E-state index in [1.54, 1.807) is 42.5 Å². The quantitative estimate of drug-likeness (QED) is 0.270. The summed E-state index contributed by atoms with van der Waals surface area (Å²) in [5.41, 5.74) is 4.50. The Labute approximate surface area is 174 Å². The monoisotopic (exact) mass is 446 g/mol. The van der Waals surface area contributed by atoms with Gasteiger partial charge < -0.3 is 4.98 Å². The molecule has 0 aliphatic rings. The molecule has 0 unspecified atom stereocenters. The molecule has 4 rings (SSSR count). The highest BCUT2D eigenvalue weighted by Gasteiger charge is 2.22. The van der Waals surface area contributed by atoms with Gasteiger partial charge in [-0.05, 0) is 48.5 Å². The number of carbonyl (C=O) groups excluding carboxylic acids is 1. The zero-order valence-electron chi connectivity index (χ0n) is 15.1.